The highest BCUT2D eigenvalue weighted by atomic mass is 19.1. The fourth-order valence-electron chi connectivity index (χ4n) is 1.24. The summed E-state index contributed by atoms with van der Waals surface area (Å²) in [7, 11) is 0. The summed E-state index contributed by atoms with van der Waals surface area (Å²) in [5.74, 6) is 0.363. The van der Waals surface area contributed by atoms with Gasteiger partial charge in [-0.2, -0.15) is 0 Å². The van der Waals surface area contributed by atoms with Gasteiger partial charge in [0.25, 0.3) is 0 Å². The van der Waals surface area contributed by atoms with E-state index in [2.05, 4.69) is 6.92 Å². The Morgan fingerprint density at radius 3 is 2.85 bits per heavy atom. The number of benzene rings is 1. The Bertz CT molecular complexity index is 260. The quantitative estimate of drug-likeness (QED) is 0.693. The second-order valence-electron chi connectivity index (χ2n) is 3.17. The van der Waals surface area contributed by atoms with E-state index >= 15 is 0 Å². The van der Waals surface area contributed by atoms with E-state index in [0.717, 1.165) is 12.8 Å². The fraction of sp³-hybridized carbons (Fsp3) is 0.455. The largest absolute Gasteiger partial charge is 0.491 e. The zero-order chi connectivity index (χ0) is 9.68. The van der Waals surface area contributed by atoms with Crippen molar-refractivity contribution in [3.63, 3.8) is 0 Å². The van der Waals surface area contributed by atoms with E-state index in [1.807, 2.05) is 6.92 Å². The van der Waals surface area contributed by atoms with Gasteiger partial charge in [0.1, 0.15) is 11.6 Å². The number of halogens is 1. The van der Waals surface area contributed by atoms with Crippen molar-refractivity contribution in [2.24, 2.45) is 0 Å². The molecule has 0 heterocycles. The van der Waals surface area contributed by atoms with E-state index in [1.165, 1.54) is 12.1 Å². The fourth-order valence-corrected chi connectivity index (χ4v) is 1.24. The van der Waals surface area contributed by atoms with Gasteiger partial charge in [0.2, 0.25) is 0 Å². The maximum atomic E-state index is 12.7. The third kappa shape index (κ3) is 3.45. The van der Waals surface area contributed by atoms with Crippen LogP contribution in [0.3, 0.4) is 0 Å². The summed E-state index contributed by atoms with van der Waals surface area (Å²) < 4.78 is 18.2. The maximum absolute atomic E-state index is 12.7. The normalized spacial score (nSPS) is 12.5. The summed E-state index contributed by atoms with van der Waals surface area (Å²) >= 11 is 0. The summed E-state index contributed by atoms with van der Waals surface area (Å²) in [6.45, 7) is 4.10. The Kier molecular flexibility index (Phi) is 3.74. The zero-order valence-electron chi connectivity index (χ0n) is 8.09. The maximum Gasteiger partial charge on any atom is 0.126 e. The van der Waals surface area contributed by atoms with Crippen LogP contribution in [0.1, 0.15) is 26.7 Å². The Morgan fingerprint density at radius 1 is 1.46 bits per heavy atom. The highest BCUT2D eigenvalue weighted by molar-refractivity contribution is 5.22. The second kappa shape index (κ2) is 4.85. The van der Waals surface area contributed by atoms with Gasteiger partial charge in [0.15, 0.2) is 0 Å². The third-order valence-corrected chi connectivity index (χ3v) is 1.83. The molecule has 0 aliphatic heterocycles. The molecule has 13 heavy (non-hydrogen) atoms. The van der Waals surface area contributed by atoms with Crippen LogP contribution in [0.15, 0.2) is 24.3 Å². The first kappa shape index (κ1) is 10.0. The minimum atomic E-state index is -0.249. The molecule has 2 heteroatoms. The van der Waals surface area contributed by atoms with Gasteiger partial charge in [-0.15, -0.1) is 0 Å². The molecule has 72 valence electrons. The molecule has 0 N–H and O–H groups in total. The van der Waals surface area contributed by atoms with Crippen LogP contribution in [0.25, 0.3) is 0 Å². The Labute approximate surface area is 78.5 Å². The molecule has 0 fully saturated rings. The molecule has 0 saturated carbocycles. The molecule has 1 rings (SSSR count). The minimum Gasteiger partial charge on any atom is -0.491 e. The first-order valence-corrected chi connectivity index (χ1v) is 4.64. The highest BCUT2D eigenvalue weighted by Gasteiger charge is 2.02. The van der Waals surface area contributed by atoms with Crippen LogP contribution in [-0.2, 0) is 0 Å². The van der Waals surface area contributed by atoms with Crippen LogP contribution in [-0.4, -0.2) is 6.10 Å². The molecule has 0 aliphatic carbocycles. The van der Waals surface area contributed by atoms with Crippen molar-refractivity contribution in [3.8, 4) is 5.75 Å². The van der Waals surface area contributed by atoms with E-state index in [-0.39, 0.29) is 11.9 Å². The third-order valence-electron chi connectivity index (χ3n) is 1.83. The monoisotopic (exact) mass is 182 g/mol. The molecule has 0 aromatic heterocycles. The van der Waals surface area contributed by atoms with Gasteiger partial charge in [-0.25, -0.2) is 4.39 Å². The highest BCUT2D eigenvalue weighted by Crippen LogP contribution is 2.15. The van der Waals surface area contributed by atoms with E-state index < -0.39 is 0 Å². The Morgan fingerprint density at radius 2 is 2.23 bits per heavy atom. The molecule has 0 radical (unpaired) electrons. The lowest BCUT2D eigenvalue weighted by atomic mass is 10.2. The van der Waals surface area contributed by atoms with Gasteiger partial charge in [-0.3, -0.25) is 0 Å². The first-order valence-electron chi connectivity index (χ1n) is 4.64. The molecule has 0 saturated heterocycles. The number of hydrogen-bond acceptors (Lipinski definition) is 1. The average Bonchev–Trinajstić information content (AvgIpc) is 2.04. The van der Waals surface area contributed by atoms with Gasteiger partial charge in [-0.1, -0.05) is 19.4 Å². The van der Waals surface area contributed by atoms with Gasteiger partial charge in [-0.05, 0) is 25.5 Å². The van der Waals surface area contributed by atoms with E-state index in [4.69, 9.17) is 4.74 Å². The van der Waals surface area contributed by atoms with Crippen molar-refractivity contribution >= 4 is 0 Å². The molecule has 0 aliphatic rings. The summed E-state index contributed by atoms with van der Waals surface area (Å²) in [5.41, 5.74) is 0. The van der Waals surface area contributed by atoms with Crippen molar-refractivity contribution in [3.05, 3.63) is 30.1 Å². The van der Waals surface area contributed by atoms with E-state index in [0.29, 0.717) is 5.75 Å². The molecule has 1 aromatic rings. The van der Waals surface area contributed by atoms with Crippen molar-refractivity contribution in [1.82, 2.24) is 0 Å². The number of rotatable bonds is 4. The Hall–Kier alpha value is -1.05. The lowest BCUT2D eigenvalue weighted by Crippen LogP contribution is -2.10. The minimum absolute atomic E-state index is 0.159. The molecule has 1 atom stereocenters. The van der Waals surface area contributed by atoms with Gasteiger partial charge in [0, 0.05) is 6.07 Å². The zero-order valence-corrected chi connectivity index (χ0v) is 8.09. The molecular formula is C11H15FO. The molecule has 0 bridgehead atoms. The van der Waals surface area contributed by atoms with Crippen LogP contribution in [0.4, 0.5) is 4.39 Å². The molecular weight excluding hydrogens is 167 g/mol. The molecule has 1 unspecified atom stereocenters. The predicted molar refractivity (Wildman–Crippen MR) is 51.4 cm³/mol. The SMILES string of the molecule is CCCC(C)Oc1cccc(F)c1. The molecule has 1 aromatic carbocycles. The van der Waals surface area contributed by atoms with Crippen LogP contribution >= 0.6 is 0 Å². The topological polar surface area (TPSA) is 9.23 Å². The number of hydrogen-bond donors (Lipinski definition) is 0. The number of ether oxygens (including phenoxy) is 1. The van der Waals surface area contributed by atoms with Crippen LogP contribution in [0.5, 0.6) is 5.75 Å². The molecule has 1 nitrogen and oxygen atoms in total. The lowest BCUT2D eigenvalue weighted by Gasteiger charge is -2.13. The second-order valence-corrected chi connectivity index (χ2v) is 3.17. The van der Waals surface area contributed by atoms with Gasteiger partial charge in [0.05, 0.1) is 6.10 Å². The van der Waals surface area contributed by atoms with Gasteiger partial charge < -0.3 is 4.74 Å². The van der Waals surface area contributed by atoms with Crippen molar-refractivity contribution in [1.29, 1.82) is 0 Å². The molecule has 0 spiro atoms. The smallest absolute Gasteiger partial charge is 0.126 e. The van der Waals surface area contributed by atoms with E-state index in [1.54, 1.807) is 12.1 Å². The predicted octanol–water partition coefficient (Wildman–Crippen LogP) is 3.39. The summed E-state index contributed by atoms with van der Waals surface area (Å²) in [6, 6.07) is 6.25. The van der Waals surface area contributed by atoms with Crippen LogP contribution in [0, 0.1) is 5.82 Å². The average molecular weight is 182 g/mol. The Balaban J connectivity index is 2.53. The first-order chi connectivity index (χ1) is 6.22. The van der Waals surface area contributed by atoms with Gasteiger partial charge >= 0.3 is 0 Å². The van der Waals surface area contributed by atoms with Crippen LogP contribution in [0.2, 0.25) is 0 Å². The van der Waals surface area contributed by atoms with Crippen molar-refractivity contribution in [2.45, 2.75) is 32.8 Å². The van der Waals surface area contributed by atoms with Crippen molar-refractivity contribution < 1.29 is 9.13 Å². The summed E-state index contributed by atoms with van der Waals surface area (Å²) in [6.07, 6.45) is 2.24. The molecule has 0 amide bonds. The van der Waals surface area contributed by atoms with E-state index in [9.17, 15) is 4.39 Å². The summed E-state index contributed by atoms with van der Waals surface area (Å²) in [4.78, 5) is 0. The lowest BCUT2D eigenvalue weighted by molar-refractivity contribution is 0.209. The van der Waals surface area contributed by atoms with Crippen molar-refractivity contribution in [2.75, 3.05) is 0 Å². The standard InChI is InChI=1S/C11H15FO/c1-3-5-9(2)13-11-7-4-6-10(12)8-11/h4,6-9H,3,5H2,1-2H3. The van der Waals surface area contributed by atoms with Crippen LogP contribution < -0.4 is 4.74 Å². The summed E-state index contributed by atoms with van der Waals surface area (Å²) in [5, 5.41) is 0.